The van der Waals surface area contributed by atoms with E-state index in [9.17, 15) is 9.59 Å². The lowest BCUT2D eigenvalue weighted by atomic mass is 10.0. The van der Waals surface area contributed by atoms with Gasteiger partial charge in [0, 0.05) is 0 Å². The quantitative estimate of drug-likeness (QED) is 0.783. The number of carbonyl (C=O) groups excluding carboxylic acids is 1. The number of hydrogen-bond acceptors (Lipinski definition) is 3. The molecule has 0 aromatic heterocycles. The number of carboxylic acids is 1. The number of aryl methyl sites for hydroxylation is 1. The first-order chi connectivity index (χ1) is 8.54. The van der Waals surface area contributed by atoms with Crippen molar-refractivity contribution in [1.29, 1.82) is 0 Å². The van der Waals surface area contributed by atoms with Gasteiger partial charge in [-0.05, 0) is 12.5 Å². The van der Waals surface area contributed by atoms with Gasteiger partial charge in [0.25, 0.3) is 0 Å². The molecule has 1 aromatic carbocycles. The number of alkyl carbamates (subject to hydrolysis) is 1. The smallest absolute Gasteiger partial charge is 0.408 e. The first kappa shape index (κ1) is 13.8. The summed E-state index contributed by atoms with van der Waals surface area (Å²) in [5, 5.41) is 11.4. The Labute approximate surface area is 105 Å². The third-order valence-electron chi connectivity index (χ3n) is 2.22. The van der Waals surface area contributed by atoms with Crippen LogP contribution in [0.15, 0.2) is 36.9 Å². The Kier molecular flexibility index (Phi) is 4.92. The summed E-state index contributed by atoms with van der Waals surface area (Å²) in [5.41, 5.74) is 1.41. The standard InChI is InChI=1S/C13H15NO4/c1-3-7-18-13(17)14-11(12(15)16)10-6-4-5-9(2)8-10/h3-6,8,11H,1,7H2,2H3,(H,14,17)(H,15,16). The van der Waals surface area contributed by atoms with Crippen LogP contribution in [0.2, 0.25) is 0 Å². The molecule has 18 heavy (non-hydrogen) atoms. The fraction of sp³-hybridized carbons (Fsp3) is 0.231. The number of benzene rings is 1. The number of rotatable bonds is 5. The van der Waals surface area contributed by atoms with Gasteiger partial charge < -0.3 is 15.2 Å². The van der Waals surface area contributed by atoms with Crippen molar-refractivity contribution in [2.45, 2.75) is 13.0 Å². The summed E-state index contributed by atoms with van der Waals surface area (Å²) in [7, 11) is 0. The summed E-state index contributed by atoms with van der Waals surface area (Å²) in [5.74, 6) is -1.14. The molecule has 1 aromatic rings. The topological polar surface area (TPSA) is 75.6 Å². The Bertz CT molecular complexity index is 456. The van der Waals surface area contributed by atoms with Gasteiger partial charge in [0.05, 0.1) is 0 Å². The van der Waals surface area contributed by atoms with Crippen LogP contribution in [0, 0.1) is 6.92 Å². The summed E-state index contributed by atoms with van der Waals surface area (Å²) < 4.78 is 4.69. The van der Waals surface area contributed by atoms with Crippen LogP contribution in [-0.2, 0) is 9.53 Å². The Morgan fingerprint density at radius 1 is 1.56 bits per heavy atom. The monoisotopic (exact) mass is 249 g/mol. The molecule has 0 spiro atoms. The highest BCUT2D eigenvalue weighted by molar-refractivity contribution is 5.81. The first-order valence-corrected chi connectivity index (χ1v) is 5.38. The molecule has 0 saturated carbocycles. The van der Waals surface area contributed by atoms with E-state index < -0.39 is 18.1 Å². The SMILES string of the molecule is C=CCOC(=O)NC(C(=O)O)c1cccc(C)c1. The van der Waals surface area contributed by atoms with Crippen LogP contribution >= 0.6 is 0 Å². The van der Waals surface area contributed by atoms with Crippen LogP contribution in [-0.4, -0.2) is 23.8 Å². The van der Waals surface area contributed by atoms with Gasteiger partial charge in [-0.1, -0.05) is 42.5 Å². The van der Waals surface area contributed by atoms with E-state index in [1.54, 1.807) is 18.2 Å². The molecular weight excluding hydrogens is 234 g/mol. The third-order valence-corrected chi connectivity index (χ3v) is 2.22. The Balaban J connectivity index is 2.80. The van der Waals surface area contributed by atoms with Gasteiger partial charge in [-0.15, -0.1) is 0 Å². The van der Waals surface area contributed by atoms with Gasteiger partial charge in [0.2, 0.25) is 0 Å². The van der Waals surface area contributed by atoms with Crippen molar-refractivity contribution < 1.29 is 19.4 Å². The van der Waals surface area contributed by atoms with Crippen molar-refractivity contribution in [1.82, 2.24) is 5.32 Å². The molecule has 1 unspecified atom stereocenters. The summed E-state index contributed by atoms with van der Waals surface area (Å²) in [4.78, 5) is 22.5. The first-order valence-electron chi connectivity index (χ1n) is 5.38. The molecule has 1 rings (SSSR count). The van der Waals surface area contributed by atoms with Crippen LogP contribution in [0.5, 0.6) is 0 Å². The minimum atomic E-state index is -1.14. The second-order valence-electron chi connectivity index (χ2n) is 3.72. The maximum Gasteiger partial charge on any atom is 0.408 e. The second kappa shape index (κ2) is 6.44. The highest BCUT2D eigenvalue weighted by Gasteiger charge is 2.22. The van der Waals surface area contributed by atoms with Crippen LogP contribution in [0.4, 0.5) is 4.79 Å². The number of carboxylic acid groups (broad SMARTS) is 1. The van der Waals surface area contributed by atoms with Crippen LogP contribution in [0.1, 0.15) is 17.2 Å². The predicted molar refractivity (Wildman–Crippen MR) is 66.2 cm³/mol. The van der Waals surface area contributed by atoms with E-state index in [1.807, 2.05) is 13.0 Å². The minimum absolute atomic E-state index is 0.0337. The van der Waals surface area contributed by atoms with Crippen molar-refractivity contribution >= 4 is 12.1 Å². The lowest BCUT2D eigenvalue weighted by Gasteiger charge is -2.14. The molecule has 0 bridgehead atoms. The zero-order chi connectivity index (χ0) is 13.5. The van der Waals surface area contributed by atoms with Crippen LogP contribution in [0.3, 0.4) is 0 Å². The van der Waals surface area contributed by atoms with Crippen molar-refractivity contribution in [2.75, 3.05) is 6.61 Å². The molecule has 2 N–H and O–H groups in total. The number of aliphatic carboxylic acids is 1. The third kappa shape index (κ3) is 3.93. The van der Waals surface area contributed by atoms with Gasteiger partial charge in [0.1, 0.15) is 6.61 Å². The van der Waals surface area contributed by atoms with Crippen LogP contribution in [0.25, 0.3) is 0 Å². The fourth-order valence-electron chi connectivity index (χ4n) is 1.43. The van der Waals surface area contributed by atoms with Gasteiger partial charge in [-0.2, -0.15) is 0 Å². The van der Waals surface area contributed by atoms with E-state index in [4.69, 9.17) is 9.84 Å². The van der Waals surface area contributed by atoms with Gasteiger partial charge in [-0.25, -0.2) is 9.59 Å². The van der Waals surface area contributed by atoms with Crippen LogP contribution < -0.4 is 5.32 Å². The zero-order valence-corrected chi connectivity index (χ0v) is 10.1. The number of nitrogens with one attached hydrogen (secondary N) is 1. The Morgan fingerprint density at radius 2 is 2.28 bits per heavy atom. The van der Waals surface area contributed by atoms with E-state index in [1.165, 1.54) is 6.08 Å². The normalized spacial score (nSPS) is 11.4. The number of ether oxygens (including phenoxy) is 1. The molecule has 0 saturated heterocycles. The average Bonchev–Trinajstić information content (AvgIpc) is 2.33. The molecule has 0 aliphatic carbocycles. The lowest BCUT2D eigenvalue weighted by Crippen LogP contribution is -2.34. The molecule has 0 aliphatic rings. The summed E-state index contributed by atoms with van der Waals surface area (Å²) >= 11 is 0. The number of carbonyl (C=O) groups is 2. The van der Waals surface area contributed by atoms with E-state index >= 15 is 0 Å². The Hall–Kier alpha value is -2.30. The number of hydrogen-bond donors (Lipinski definition) is 2. The second-order valence-corrected chi connectivity index (χ2v) is 3.72. The molecule has 96 valence electrons. The molecule has 5 heteroatoms. The maximum absolute atomic E-state index is 11.3. The molecule has 0 aliphatic heterocycles. The summed E-state index contributed by atoms with van der Waals surface area (Å²) in [6.45, 7) is 5.27. The highest BCUT2D eigenvalue weighted by Crippen LogP contribution is 2.15. The Morgan fingerprint density at radius 3 is 2.83 bits per heavy atom. The minimum Gasteiger partial charge on any atom is -0.479 e. The summed E-state index contributed by atoms with van der Waals surface area (Å²) in [6.07, 6.45) is 0.617. The number of amides is 1. The molecule has 1 amide bonds. The maximum atomic E-state index is 11.3. The molecule has 0 fully saturated rings. The van der Waals surface area contributed by atoms with Crippen molar-refractivity contribution in [2.24, 2.45) is 0 Å². The fourth-order valence-corrected chi connectivity index (χ4v) is 1.43. The highest BCUT2D eigenvalue weighted by atomic mass is 16.5. The largest absolute Gasteiger partial charge is 0.479 e. The molecule has 1 atom stereocenters. The van der Waals surface area contributed by atoms with E-state index in [2.05, 4.69) is 11.9 Å². The van der Waals surface area contributed by atoms with E-state index in [0.29, 0.717) is 5.56 Å². The van der Waals surface area contributed by atoms with Crippen molar-refractivity contribution in [3.8, 4) is 0 Å². The van der Waals surface area contributed by atoms with Gasteiger partial charge in [-0.3, -0.25) is 0 Å². The van der Waals surface area contributed by atoms with Crippen molar-refractivity contribution in [3.63, 3.8) is 0 Å². The zero-order valence-electron chi connectivity index (χ0n) is 10.1. The molecular formula is C13H15NO4. The van der Waals surface area contributed by atoms with E-state index in [0.717, 1.165) is 5.56 Å². The lowest BCUT2D eigenvalue weighted by molar-refractivity contribution is -0.139. The molecule has 5 nitrogen and oxygen atoms in total. The summed E-state index contributed by atoms with van der Waals surface area (Å²) in [6, 6.07) is 5.80. The van der Waals surface area contributed by atoms with Crippen molar-refractivity contribution in [3.05, 3.63) is 48.0 Å². The average molecular weight is 249 g/mol. The van der Waals surface area contributed by atoms with Gasteiger partial charge in [0.15, 0.2) is 6.04 Å². The molecule has 0 heterocycles. The molecule has 0 radical (unpaired) electrons. The van der Waals surface area contributed by atoms with E-state index in [-0.39, 0.29) is 6.61 Å². The predicted octanol–water partition coefficient (Wildman–Crippen LogP) is 2.03. The van der Waals surface area contributed by atoms with Gasteiger partial charge >= 0.3 is 12.1 Å².